The first-order valence-electron chi connectivity index (χ1n) is 6.72. The van der Waals surface area contributed by atoms with E-state index in [9.17, 15) is 9.59 Å². The first-order chi connectivity index (χ1) is 8.76. The summed E-state index contributed by atoms with van der Waals surface area (Å²) in [6, 6.07) is 0. The van der Waals surface area contributed by atoms with E-state index in [1.165, 1.54) is 13.2 Å². The first-order valence-corrected chi connectivity index (χ1v) is 6.72. The molecule has 1 fully saturated rings. The van der Waals surface area contributed by atoms with Crippen LogP contribution in [0.15, 0.2) is 23.8 Å². The van der Waals surface area contributed by atoms with Crippen molar-refractivity contribution in [1.29, 1.82) is 0 Å². The lowest BCUT2D eigenvalue weighted by Crippen LogP contribution is -2.36. The van der Waals surface area contributed by atoms with Crippen LogP contribution < -0.4 is 0 Å². The van der Waals surface area contributed by atoms with E-state index < -0.39 is 0 Å². The van der Waals surface area contributed by atoms with E-state index in [1.807, 2.05) is 13.0 Å². The van der Waals surface area contributed by atoms with Gasteiger partial charge in [-0.25, -0.2) is 4.79 Å². The summed E-state index contributed by atoms with van der Waals surface area (Å²) in [6.07, 6.45) is 6.84. The SMILES string of the molecule is COC(=O)/C=C(C)\C=C\C1C(C)CC(=O)CC1(C)C. The molecule has 0 bridgehead atoms. The van der Waals surface area contributed by atoms with Crippen LogP contribution in [-0.4, -0.2) is 18.9 Å². The predicted octanol–water partition coefficient (Wildman–Crippen LogP) is 3.30. The Hall–Kier alpha value is -1.38. The normalized spacial score (nSPS) is 27.6. The number of rotatable bonds is 3. The van der Waals surface area contributed by atoms with Crippen molar-refractivity contribution in [3.05, 3.63) is 23.8 Å². The van der Waals surface area contributed by atoms with Gasteiger partial charge in [-0.05, 0) is 29.7 Å². The van der Waals surface area contributed by atoms with Gasteiger partial charge in [-0.3, -0.25) is 4.79 Å². The second-order valence-electron chi connectivity index (χ2n) is 6.18. The van der Waals surface area contributed by atoms with Gasteiger partial charge >= 0.3 is 5.97 Å². The van der Waals surface area contributed by atoms with Gasteiger partial charge in [0, 0.05) is 18.9 Å². The van der Waals surface area contributed by atoms with Gasteiger partial charge in [0.15, 0.2) is 0 Å². The smallest absolute Gasteiger partial charge is 0.330 e. The summed E-state index contributed by atoms with van der Waals surface area (Å²) in [7, 11) is 1.37. The molecule has 2 unspecified atom stereocenters. The minimum atomic E-state index is -0.340. The highest BCUT2D eigenvalue weighted by Crippen LogP contribution is 2.43. The van der Waals surface area contributed by atoms with Crippen molar-refractivity contribution in [1.82, 2.24) is 0 Å². The Kier molecular flexibility index (Phi) is 5.10. The van der Waals surface area contributed by atoms with Crippen molar-refractivity contribution in [2.75, 3.05) is 7.11 Å². The van der Waals surface area contributed by atoms with Crippen LogP contribution in [-0.2, 0) is 14.3 Å². The molecule has 1 saturated carbocycles. The molecule has 0 aromatic heterocycles. The summed E-state index contributed by atoms with van der Waals surface area (Å²) in [5.74, 6) is 0.710. The van der Waals surface area contributed by atoms with Crippen LogP contribution in [0, 0.1) is 17.3 Å². The van der Waals surface area contributed by atoms with E-state index in [-0.39, 0.29) is 11.4 Å². The summed E-state index contributed by atoms with van der Waals surface area (Å²) in [4.78, 5) is 22.8. The molecule has 0 N–H and O–H groups in total. The Morgan fingerprint density at radius 1 is 1.42 bits per heavy atom. The van der Waals surface area contributed by atoms with Gasteiger partial charge in [-0.15, -0.1) is 0 Å². The van der Waals surface area contributed by atoms with Gasteiger partial charge in [-0.2, -0.15) is 0 Å². The minimum Gasteiger partial charge on any atom is -0.466 e. The molecular formula is C16H24O3. The Balaban J connectivity index is 2.82. The lowest BCUT2D eigenvalue weighted by Gasteiger charge is -2.40. The van der Waals surface area contributed by atoms with Crippen molar-refractivity contribution < 1.29 is 14.3 Å². The maximum absolute atomic E-state index is 11.7. The third-order valence-electron chi connectivity index (χ3n) is 3.83. The number of ketones is 1. The molecule has 0 spiro atoms. The Morgan fingerprint density at radius 3 is 2.58 bits per heavy atom. The van der Waals surface area contributed by atoms with E-state index in [1.54, 1.807) is 0 Å². The summed E-state index contributed by atoms with van der Waals surface area (Å²) < 4.78 is 4.59. The molecule has 106 valence electrons. The summed E-state index contributed by atoms with van der Waals surface area (Å²) in [5, 5.41) is 0. The van der Waals surface area contributed by atoms with Gasteiger partial charge < -0.3 is 4.74 Å². The monoisotopic (exact) mass is 264 g/mol. The summed E-state index contributed by atoms with van der Waals surface area (Å²) in [5.41, 5.74) is 0.850. The molecule has 2 atom stereocenters. The van der Waals surface area contributed by atoms with Crippen LogP contribution in [0.1, 0.15) is 40.5 Å². The highest BCUT2D eigenvalue weighted by Gasteiger charge is 2.38. The molecule has 0 aromatic carbocycles. The Morgan fingerprint density at radius 2 is 2.05 bits per heavy atom. The zero-order chi connectivity index (χ0) is 14.6. The molecular weight excluding hydrogens is 240 g/mol. The fourth-order valence-corrected chi connectivity index (χ4v) is 2.95. The third-order valence-corrected chi connectivity index (χ3v) is 3.83. The standard InChI is InChI=1S/C16H24O3/c1-11(8-15(18)19-5)6-7-14-12(2)9-13(17)10-16(14,3)4/h6-8,12,14H,9-10H2,1-5H3/b7-6+,11-8-. The van der Waals surface area contributed by atoms with Gasteiger partial charge in [0.1, 0.15) is 5.78 Å². The maximum atomic E-state index is 11.7. The molecule has 19 heavy (non-hydrogen) atoms. The average molecular weight is 264 g/mol. The van der Waals surface area contributed by atoms with Crippen LogP contribution in [0.3, 0.4) is 0 Å². The quantitative estimate of drug-likeness (QED) is 0.446. The second-order valence-corrected chi connectivity index (χ2v) is 6.18. The van der Waals surface area contributed by atoms with E-state index in [2.05, 4.69) is 31.6 Å². The highest BCUT2D eigenvalue weighted by molar-refractivity contribution is 5.83. The predicted molar refractivity (Wildman–Crippen MR) is 75.6 cm³/mol. The van der Waals surface area contributed by atoms with Crippen LogP contribution in [0.25, 0.3) is 0 Å². The molecule has 3 nitrogen and oxygen atoms in total. The topological polar surface area (TPSA) is 43.4 Å². The number of Topliss-reactive ketones (excluding diaryl/α,β-unsaturated/α-hetero) is 1. The van der Waals surface area contributed by atoms with Crippen LogP contribution in [0.2, 0.25) is 0 Å². The van der Waals surface area contributed by atoms with Crippen molar-refractivity contribution in [2.45, 2.75) is 40.5 Å². The molecule has 0 aromatic rings. The number of esters is 1. The number of carbonyl (C=O) groups is 2. The Bertz CT molecular complexity index is 416. The average Bonchev–Trinajstić information content (AvgIpc) is 2.25. The van der Waals surface area contributed by atoms with Crippen LogP contribution in [0.5, 0.6) is 0 Å². The van der Waals surface area contributed by atoms with Crippen LogP contribution in [0.4, 0.5) is 0 Å². The molecule has 0 saturated heterocycles. The van der Waals surface area contributed by atoms with Crippen molar-refractivity contribution in [2.24, 2.45) is 17.3 Å². The summed E-state index contributed by atoms with van der Waals surface area (Å²) >= 11 is 0. The molecule has 0 heterocycles. The number of methoxy groups -OCH3 is 1. The molecule has 1 rings (SSSR count). The fraction of sp³-hybridized carbons (Fsp3) is 0.625. The van der Waals surface area contributed by atoms with E-state index in [0.717, 1.165) is 5.57 Å². The molecule has 1 aliphatic carbocycles. The number of carbonyl (C=O) groups excluding carboxylic acids is 2. The van der Waals surface area contributed by atoms with Gasteiger partial charge in [0.05, 0.1) is 7.11 Å². The Labute approximate surface area is 115 Å². The van der Waals surface area contributed by atoms with Crippen molar-refractivity contribution >= 4 is 11.8 Å². The molecule has 0 amide bonds. The lowest BCUT2D eigenvalue weighted by atomic mass is 9.63. The largest absolute Gasteiger partial charge is 0.466 e. The van der Waals surface area contributed by atoms with E-state index in [0.29, 0.717) is 30.5 Å². The molecule has 3 heteroatoms. The second kappa shape index (κ2) is 6.18. The minimum absolute atomic E-state index is 0.0171. The van der Waals surface area contributed by atoms with E-state index >= 15 is 0 Å². The van der Waals surface area contributed by atoms with Gasteiger partial charge in [0.25, 0.3) is 0 Å². The highest BCUT2D eigenvalue weighted by atomic mass is 16.5. The van der Waals surface area contributed by atoms with Crippen molar-refractivity contribution in [3.63, 3.8) is 0 Å². The van der Waals surface area contributed by atoms with Gasteiger partial charge in [-0.1, -0.05) is 32.9 Å². The zero-order valence-electron chi connectivity index (χ0n) is 12.5. The number of hydrogen-bond donors (Lipinski definition) is 0. The number of allylic oxidation sites excluding steroid dienone is 3. The first kappa shape index (κ1) is 15.7. The van der Waals surface area contributed by atoms with Gasteiger partial charge in [0.2, 0.25) is 0 Å². The molecule has 0 aliphatic heterocycles. The summed E-state index contributed by atoms with van der Waals surface area (Å²) in [6.45, 7) is 8.26. The number of ether oxygens (including phenoxy) is 1. The number of hydrogen-bond acceptors (Lipinski definition) is 3. The third kappa shape index (κ3) is 4.34. The maximum Gasteiger partial charge on any atom is 0.330 e. The van der Waals surface area contributed by atoms with E-state index in [4.69, 9.17) is 0 Å². The van der Waals surface area contributed by atoms with Crippen molar-refractivity contribution in [3.8, 4) is 0 Å². The molecule has 1 aliphatic rings. The zero-order valence-corrected chi connectivity index (χ0v) is 12.5. The molecule has 0 radical (unpaired) electrons. The fourth-order valence-electron chi connectivity index (χ4n) is 2.95. The van der Waals surface area contributed by atoms with Crippen LogP contribution >= 0.6 is 0 Å². The lowest BCUT2D eigenvalue weighted by molar-refractivity contribution is -0.134.